The van der Waals surface area contributed by atoms with Crippen LogP contribution >= 0.6 is 0 Å². The van der Waals surface area contributed by atoms with Crippen LogP contribution in [0.25, 0.3) is 0 Å². The van der Waals surface area contributed by atoms with E-state index in [9.17, 15) is 0 Å². The van der Waals surface area contributed by atoms with Crippen LogP contribution in [0.5, 0.6) is 11.5 Å². The highest BCUT2D eigenvalue weighted by Crippen LogP contribution is 2.29. The van der Waals surface area contributed by atoms with Gasteiger partial charge in [-0.25, -0.2) is 0 Å². The molecule has 0 saturated heterocycles. The maximum atomic E-state index is 6.02. The lowest BCUT2D eigenvalue weighted by atomic mass is 10.1. The molecule has 1 aromatic heterocycles. The average molecular weight is 340 g/mol. The highest BCUT2D eigenvalue weighted by atomic mass is 16.6. The molecule has 25 heavy (non-hydrogen) atoms. The summed E-state index contributed by atoms with van der Waals surface area (Å²) < 4.78 is 11.7. The van der Waals surface area contributed by atoms with Crippen LogP contribution in [-0.2, 0) is 11.4 Å². The number of rotatable bonds is 8. The molecule has 0 atom stereocenters. The first kappa shape index (κ1) is 18.5. The third kappa shape index (κ3) is 5.35. The fraction of sp³-hybridized carbons (Fsp3) is 0.300. The average Bonchev–Trinajstić information content (AvgIpc) is 2.60. The van der Waals surface area contributed by atoms with Gasteiger partial charge in [0, 0.05) is 11.8 Å². The number of allylic oxidation sites excluding steroid dienone is 1. The molecule has 132 valence electrons. The van der Waals surface area contributed by atoms with Gasteiger partial charge in [0.05, 0.1) is 11.9 Å². The van der Waals surface area contributed by atoms with Gasteiger partial charge < -0.3 is 14.3 Å². The van der Waals surface area contributed by atoms with Crippen LogP contribution < -0.4 is 9.47 Å². The van der Waals surface area contributed by atoms with Crippen LogP contribution in [0.3, 0.4) is 0 Å². The highest BCUT2D eigenvalue weighted by molar-refractivity contribution is 5.80. The van der Waals surface area contributed by atoms with Crippen molar-refractivity contribution in [2.45, 2.75) is 27.4 Å². The van der Waals surface area contributed by atoms with Crippen LogP contribution in [-0.4, -0.2) is 24.9 Å². The Morgan fingerprint density at radius 3 is 2.60 bits per heavy atom. The lowest BCUT2D eigenvalue weighted by molar-refractivity contribution is 0.215. The van der Waals surface area contributed by atoms with E-state index in [4.69, 9.17) is 14.3 Å². The first-order valence-electron chi connectivity index (χ1n) is 8.14. The molecule has 0 amide bonds. The SMILES string of the molecule is C/C=C/COc1cc(C)c(OCc2ncccc2C=NOC)c(C)c1. The quantitative estimate of drug-likeness (QED) is 0.410. The van der Waals surface area contributed by atoms with E-state index in [0.717, 1.165) is 33.9 Å². The minimum atomic E-state index is 0.354. The van der Waals surface area contributed by atoms with Crippen molar-refractivity contribution in [3.63, 3.8) is 0 Å². The van der Waals surface area contributed by atoms with Crippen LogP contribution in [0.2, 0.25) is 0 Å². The number of benzene rings is 1. The molecule has 0 radical (unpaired) electrons. The van der Waals surface area contributed by atoms with Crippen molar-refractivity contribution in [2.75, 3.05) is 13.7 Å². The van der Waals surface area contributed by atoms with Crippen molar-refractivity contribution in [3.05, 3.63) is 65.0 Å². The Morgan fingerprint density at radius 1 is 1.16 bits per heavy atom. The topological polar surface area (TPSA) is 52.9 Å². The number of ether oxygens (including phenoxy) is 2. The van der Waals surface area contributed by atoms with E-state index in [1.165, 1.54) is 7.11 Å². The summed E-state index contributed by atoms with van der Waals surface area (Å²) >= 11 is 0. The molecule has 0 aliphatic heterocycles. The number of pyridine rings is 1. The Balaban J connectivity index is 2.12. The fourth-order valence-corrected chi connectivity index (χ4v) is 2.40. The van der Waals surface area contributed by atoms with Gasteiger partial charge in [0.15, 0.2) is 0 Å². The van der Waals surface area contributed by atoms with Gasteiger partial charge in [-0.1, -0.05) is 17.3 Å². The van der Waals surface area contributed by atoms with Gasteiger partial charge in [-0.05, 0) is 56.2 Å². The van der Waals surface area contributed by atoms with Crippen molar-refractivity contribution in [1.29, 1.82) is 0 Å². The van der Waals surface area contributed by atoms with Crippen molar-refractivity contribution in [2.24, 2.45) is 5.16 Å². The van der Waals surface area contributed by atoms with Gasteiger partial charge >= 0.3 is 0 Å². The third-order valence-corrected chi connectivity index (χ3v) is 3.59. The molecule has 0 saturated carbocycles. The van der Waals surface area contributed by atoms with E-state index < -0.39 is 0 Å². The second-order valence-corrected chi connectivity index (χ2v) is 5.51. The van der Waals surface area contributed by atoms with Gasteiger partial charge in [-0.15, -0.1) is 0 Å². The van der Waals surface area contributed by atoms with E-state index in [2.05, 4.69) is 10.1 Å². The van der Waals surface area contributed by atoms with Gasteiger partial charge in [-0.3, -0.25) is 4.98 Å². The Hall–Kier alpha value is -2.82. The molecule has 2 aromatic rings. The molecule has 0 aliphatic carbocycles. The number of nitrogens with zero attached hydrogens (tertiary/aromatic N) is 2. The largest absolute Gasteiger partial charge is 0.490 e. The fourth-order valence-electron chi connectivity index (χ4n) is 2.40. The molecule has 0 N–H and O–H groups in total. The minimum absolute atomic E-state index is 0.354. The molecule has 5 nitrogen and oxygen atoms in total. The van der Waals surface area contributed by atoms with Crippen LogP contribution in [0.15, 0.2) is 47.8 Å². The number of oxime groups is 1. The monoisotopic (exact) mass is 340 g/mol. The number of hydrogen-bond donors (Lipinski definition) is 0. The number of aryl methyl sites for hydroxylation is 2. The van der Waals surface area contributed by atoms with Gasteiger partial charge in [0.25, 0.3) is 0 Å². The van der Waals surface area contributed by atoms with Gasteiger partial charge in [0.2, 0.25) is 0 Å². The number of aromatic nitrogens is 1. The van der Waals surface area contributed by atoms with Crippen LogP contribution in [0, 0.1) is 13.8 Å². The molecular formula is C20H24N2O3. The maximum Gasteiger partial charge on any atom is 0.131 e. The van der Waals surface area contributed by atoms with Crippen LogP contribution in [0.1, 0.15) is 29.3 Å². The smallest absolute Gasteiger partial charge is 0.131 e. The zero-order valence-electron chi connectivity index (χ0n) is 15.2. The summed E-state index contributed by atoms with van der Waals surface area (Å²) in [6.07, 6.45) is 7.30. The highest BCUT2D eigenvalue weighted by Gasteiger charge is 2.09. The van der Waals surface area contributed by atoms with E-state index >= 15 is 0 Å². The lowest BCUT2D eigenvalue weighted by Crippen LogP contribution is -2.05. The summed E-state index contributed by atoms with van der Waals surface area (Å²) in [4.78, 5) is 9.11. The number of hydrogen-bond acceptors (Lipinski definition) is 5. The summed E-state index contributed by atoms with van der Waals surface area (Å²) in [5.41, 5.74) is 3.72. The summed E-state index contributed by atoms with van der Waals surface area (Å²) in [5, 5.41) is 3.80. The Bertz CT molecular complexity index is 731. The molecule has 0 fully saturated rings. The molecule has 0 spiro atoms. The lowest BCUT2D eigenvalue weighted by Gasteiger charge is -2.14. The van der Waals surface area contributed by atoms with Crippen molar-refractivity contribution in [1.82, 2.24) is 4.98 Å². The first-order valence-corrected chi connectivity index (χ1v) is 8.14. The second-order valence-electron chi connectivity index (χ2n) is 5.51. The Morgan fingerprint density at radius 2 is 1.92 bits per heavy atom. The molecule has 5 heteroatoms. The molecule has 0 aliphatic rings. The van der Waals surface area contributed by atoms with Crippen LogP contribution in [0.4, 0.5) is 0 Å². The second kappa shape index (κ2) is 9.47. The molecular weight excluding hydrogens is 316 g/mol. The normalized spacial score (nSPS) is 11.2. The van der Waals surface area contributed by atoms with Crippen molar-refractivity contribution in [3.8, 4) is 11.5 Å². The molecule has 2 rings (SSSR count). The van der Waals surface area contributed by atoms with Gasteiger partial charge in [-0.2, -0.15) is 0 Å². The summed E-state index contributed by atoms with van der Waals surface area (Å²) in [6.45, 7) is 6.91. The summed E-state index contributed by atoms with van der Waals surface area (Å²) in [5.74, 6) is 1.69. The zero-order chi connectivity index (χ0) is 18.1. The minimum Gasteiger partial charge on any atom is -0.490 e. The van der Waals surface area contributed by atoms with Crippen molar-refractivity contribution < 1.29 is 14.3 Å². The third-order valence-electron chi connectivity index (χ3n) is 3.59. The van der Waals surface area contributed by atoms with E-state index in [0.29, 0.717) is 13.2 Å². The molecule has 1 heterocycles. The summed E-state index contributed by atoms with van der Waals surface area (Å²) in [6, 6.07) is 7.75. The first-order chi connectivity index (χ1) is 12.2. The van der Waals surface area contributed by atoms with Crippen molar-refractivity contribution >= 4 is 6.21 Å². The Labute approximate surface area is 148 Å². The molecule has 0 unspecified atom stereocenters. The van der Waals surface area contributed by atoms with E-state index in [1.807, 2.05) is 57.2 Å². The predicted octanol–water partition coefficient (Wildman–Crippen LogP) is 4.21. The molecule has 0 bridgehead atoms. The molecule has 1 aromatic carbocycles. The summed E-state index contributed by atoms with van der Waals surface area (Å²) in [7, 11) is 1.51. The van der Waals surface area contributed by atoms with Gasteiger partial charge in [0.1, 0.15) is 31.8 Å². The zero-order valence-corrected chi connectivity index (χ0v) is 15.2. The predicted molar refractivity (Wildman–Crippen MR) is 99.4 cm³/mol. The van der Waals surface area contributed by atoms with E-state index in [-0.39, 0.29) is 0 Å². The van der Waals surface area contributed by atoms with E-state index in [1.54, 1.807) is 12.4 Å². The standard InChI is InChI=1S/C20H24N2O3/c1-5-6-10-24-18-11-15(2)20(16(3)12-18)25-14-19-17(13-22-23-4)8-7-9-21-19/h5-9,11-13H,10,14H2,1-4H3/b6-5+,22-13?. The Kier molecular flexibility index (Phi) is 7.01. The maximum absolute atomic E-state index is 6.02.